The molecule has 0 spiro atoms. The van der Waals surface area contributed by atoms with Gasteiger partial charge >= 0.3 is 0 Å². The first-order valence-electron chi connectivity index (χ1n) is 6.12. The first-order valence-corrected chi connectivity index (χ1v) is 7.96. The van der Waals surface area contributed by atoms with Gasteiger partial charge in [-0.05, 0) is 18.8 Å². The molecule has 2 heterocycles. The van der Waals surface area contributed by atoms with Gasteiger partial charge < -0.3 is 4.90 Å². The third kappa shape index (κ3) is 2.80. The van der Waals surface area contributed by atoms with Gasteiger partial charge in [0.05, 0.1) is 12.2 Å². The third-order valence-corrected chi connectivity index (χ3v) is 4.87. The SMILES string of the molecule is CC1CCCN(C(=O)C2CN(S(C)(=O)=O)C2)C1. The van der Waals surface area contributed by atoms with Gasteiger partial charge in [0.25, 0.3) is 0 Å². The van der Waals surface area contributed by atoms with E-state index in [1.165, 1.54) is 17.0 Å². The zero-order valence-electron chi connectivity index (χ0n) is 10.4. The van der Waals surface area contributed by atoms with Crippen molar-refractivity contribution in [3.8, 4) is 0 Å². The second-order valence-electron chi connectivity index (χ2n) is 5.31. The Hall–Kier alpha value is -0.620. The molecule has 2 fully saturated rings. The minimum absolute atomic E-state index is 0.116. The molecule has 5 nitrogen and oxygen atoms in total. The zero-order valence-corrected chi connectivity index (χ0v) is 11.2. The number of rotatable bonds is 2. The van der Waals surface area contributed by atoms with Crippen LogP contribution in [0.1, 0.15) is 19.8 Å². The molecule has 98 valence electrons. The molecule has 2 rings (SSSR count). The second-order valence-corrected chi connectivity index (χ2v) is 7.29. The monoisotopic (exact) mass is 260 g/mol. The lowest BCUT2D eigenvalue weighted by atomic mass is 9.96. The van der Waals surface area contributed by atoms with Gasteiger partial charge in [0.1, 0.15) is 0 Å². The van der Waals surface area contributed by atoms with E-state index in [-0.39, 0.29) is 11.8 Å². The normalized spacial score (nSPS) is 27.9. The number of carbonyl (C=O) groups is 1. The van der Waals surface area contributed by atoms with Gasteiger partial charge in [-0.1, -0.05) is 6.92 Å². The Morgan fingerprint density at radius 3 is 2.41 bits per heavy atom. The summed E-state index contributed by atoms with van der Waals surface area (Å²) in [7, 11) is -3.11. The number of piperidine rings is 1. The summed E-state index contributed by atoms with van der Waals surface area (Å²) in [6, 6.07) is 0. The van der Waals surface area contributed by atoms with Crippen molar-refractivity contribution in [2.75, 3.05) is 32.4 Å². The van der Waals surface area contributed by atoms with Crippen LogP contribution in [0.2, 0.25) is 0 Å². The molecule has 0 radical (unpaired) electrons. The zero-order chi connectivity index (χ0) is 12.6. The topological polar surface area (TPSA) is 57.7 Å². The van der Waals surface area contributed by atoms with Gasteiger partial charge in [-0.2, -0.15) is 0 Å². The summed E-state index contributed by atoms with van der Waals surface area (Å²) in [6.45, 7) is 4.54. The largest absolute Gasteiger partial charge is 0.342 e. The highest BCUT2D eigenvalue weighted by Crippen LogP contribution is 2.24. The molecule has 0 aromatic rings. The van der Waals surface area contributed by atoms with Gasteiger partial charge in [-0.3, -0.25) is 4.79 Å². The van der Waals surface area contributed by atoms with E-state index in [4.69, 9.17) is 0 Å². The van der Waals surface area contributed by atoms with Crippen LogP contribution in [0.4, 0.5) is 0 Å². The lowest BCUT2D eigenvalue weighted by Gasteiger charge is -2.40. The fourth-order valence-corrected chi connectivity index (χ4v) is 3.41. The molecule has 0 saturated carbocycles. The smallest absolute Gasteiger partial charge is 0.228 e. The highest BCUT2D eigenvalue weighted by atomic mass is 32.2. The molecule has 2 saturated heterocycles. The molecule has 1 unspecified atom stereocenters. The molecule has 1 atom stereocenters. The third-order valence-electron chi connectivity index (χ3n) is 3.63. The molecule has 6 heteroatoms. The fraction of sp³-hybridized carbons (Fsp3) is 0.909. The molecule has 0 N–H and O–H groups in total. The minimum atomic E-state index is -3.11. The summed E-state index contributed by atoms with van der Waals surface area (Å²) in [5, 5.41) is 0. The van der Waals surface area contributed by atoms with E-state index in [0.29, 0.717) is 19.0 Å². The Bertz CT molecular complexity index is 401. The van der Waals surface area contributed by atoms with Crippen LogP contribution >= 0.6 is 0 Å². The number of sulfonamides is 1. The summed E-state index contributed by atoms with van der Waals surface area (Å²) in [4.78, 5) is 14.0. The van der Waals surface area contributed by atoms with Crippen LogP contribution in [0, 0.1) is 11.8 Å². The van der Waals surface area contributed by atoms with E-state index in [2.05, 4.69) is 6.92 Å². The van der Waals surface area contributed by atoms with Gasteiger partial charge in [0.15, 0.2) is 0 Å². The van der Waals surface area contributed by atoms with Crippen LogP contribution in [0.15, 0.2) is 0 Å². The Kier molecular flexibility index (Phi) is 3.45. The van der Waals surface area contributed by atoms with E-state index >= 15 is 0 Å². The molecule has 0 aromatic heterocycles. The fourth-order valence-electron chi connectivity index (χ4n) is 2.51. The van der Waals surface area contributed by atoms with E-state index in [1.807, 2.05) is 4.90 Å². The average molecular weight is 260 g/mol. The van der Waals surface area contributed by atoms with Crippen LogP contribution < -0.4 is 0 Å². The van der Waals surface area contributed by atoms with Gasteiger partial charge in [0, 0.05) is 26.2 Å². The van der Waals surface area contributed by atoms with Crippen LogP contribution in [0.3, 0.4) is 0 Å². The van der Waals surface area contributed by atoms with Gasteiger partial charge in [-0.25, -0.2) is 12.7 Å². The van der Waals surface area contributed by atoms with Crippen molar-refractivity contribution in [3.05, 3.63) is 0 Å². The summed E-state index contributed by atoms with van der Waals surface area (Å²) in [6.07, 6.45) is 3.44. The number of hydrogen-bond acceptors (Lipinski definition) is 3. The van der Waals surface area contributed by atoms with Crippen molar-refractivity contribution in [1.29, 1.82) is 0 Å². The molecule has 2 aliphatic rings. The molecule has 2 aliphatic heterocycles. The van der Waals surface area contributed by atoms with Gasteiger partial charge in [0.2, 0.25) is 15.9 Å². The molecular weight excluding hydrogens is 240 g/mol. The van der Waals surface area contributed by atoms with E-state index < -0.39 is 10.0 Å². The summed E-state index contributed by atoms with van der Waals surface area (Å²) in [5.74, 6) is 0.588. The predicted molar refractivity (Wildman–Crippen MR) is 64.9 cm³/mol. The lowest BCUT2D eigenvalue weighted by Crippen LogP contribution is -2.57. The molecule has 1 amide bonds. The first-order chi connectivity index (χ1) is 7.88. The average Bonchev–Trinajstić information content (AvgIpc) is 2.12. The van der Waals surface area contributed by atoms with E-state index in [1.54, 1.807) is 0 Å². The standard InChI is InChI=1S/C11H20N2O3S/c1-9-4-3-5-12(6-9)11(14)10-7-13(8-10)17(2,15)16/h9-10H,3-8H2,1-2H3. The molecule has 0 aromatic carbocycles. The van der Waals surface area contributed by atoms with Crippen LogP contribution in [0.5, 0.6) is 0 Å². The quantitative estimate of drug-likeness (QED) is 0.709. The molecule has 17 heavy (non-hydrogen) atoms. The minimum Gasteiger partial charge on any atom is -0.342 e. The molecular formula is C11H20N2O3S. The number of hydrogen-bond donors (Lipinski definition) is 0. The first kappa shape index (κ1) is 12.8. The van der Waals surface area contributed by atoms with E-state index in [0.717, 1.165) is 19.5 Å². The van der Waals surface area contributed by atoms with Gasteiger partial charge in [-0.15, -0.1) is 0 Å². The maximum absolute atomic E-state index is 12.1. The predicted octanol–water partition coefficient (Wildman–Crippen LogP) is 0.136. The Morgan fingerprint density at radius 2 is 1.88 bits per heavy atom. The maximum atomic E-state index is 12.1. The van der Waals surface area contributed by atoms with Crippen LogP contribution in [-0.4, -0.2) is 56.0 Å². The van der Waals surface area contributed by atoms with Crippen molar-refractivity contribution < 1.29 is 13.2 Å². The van der Waals surface area contributed by atoms with Crippen molar-refractivity contribution in [1.82, 2.24) is 9.21 Å². The van der Waals surface area contributed by atoms with Crippen molar-refractivity contribution in [3.63, 3.8) is 0 Å². The van der Waals surface area contributed by atoms with Crippen LogP contribution in [-0.2, 0) is 14.8 Å². The number of amides is 1. The van der Waals surface area contributed by atoms with Crippen molar-refractivity contribution >= 4 is 15.9 Å². The van der Waals surface area contributed by atoms with E-state index in [9.17, 15) is 13.2 Å². The second kappa shape index (κ2) is 4.57. The van der Waals surface area contributed by atoms with Crippen molar-refractivity contribution in [2.24, 2.45) is 11.8 Å². The lowest BCUT2D eigenvalue weighted by molar-refractivity contribution is -0.140. The Morgan fingerprint density at radius 1 is 1.24 bits per heavy atom. The Balaban J connectivity index is 1.87. The summed E-state index contributed by atoms with van der Waals surface area (Å²) in [5.41, 5.74) is 0. The number of nitrogens with zero attached hydrogens (tertiary/aromatic N) is 2. The summed E-state index contributed by atoms with van der Waals surface area (Å²) < 4.78 is 23.8. The highest BCUT2D eigenvalue weighted by molar-refractivity contribution is 7.88. The van der Waals surface area contributed by atoms with Crippen LogP contribution in [0.25, 0.3) is 0 Å². The summed E-state index contributed by atoms with van der Waals surface area (Å²) >= 11 is 0. The molecule has 0 bridgehead atoms. The maximum Gasteiger partial charge on any atom is 0.228 e. The number of likely N-dealkylation sites (tertiary alicyclic amines) is 1. The highest BCUT2D eigenvalue weighted by Gasteiger charge is 2.40. The number of carbonyl (C=O) groups excluding carboxylic acids is 1. The Labute approximate surface area is 103 Å². The van der Waals surface area contributed by atoms with Crippen molar-refractivity contribution in [2.45, 2.75) is 19.8 Å². The molecule has 0 aliphatic carbocycles.